The average molecular weight is 259 g/mol. The Morgan fingerprint density at radius 2 is 2.07 bits per heavy atom. The van der Waals surface area contributed by atoms with Gasteiger partial charge in [0.1, 0.15) is 10.7 Å². The molecule has 0 radical (unpaired) electrons. The molecule has 0 aliphatic rings. The lowest BCUT2D eigenvalue weighted by atomic mass is 10.1. The first kappa shape index (κ1) is 10.7. The van der Waals surface area contributed by atoms with Gasteiger partial charge in [-0.2, -0.15) is 0 Å². The predicted octanol–water partition coefficient (Wildman–Crippen LogP) is 4.01. The summed E-state index contributed by atoms with van der Waals surface area (Å²) in [6.45, 7) is 1.91. The minimum absolute atomic E-state index is 0.569. The molecule has 78 valence electrons. The van der Waals surface area contributed by atoms with Gasteiger partial charge in [-0.15, -0.1) is 11.3 Å². The summed E-state index contributed by atoms with van der Waals surface area (Å²) < 4.78 is 0. The van der Waals surface area contributed by atoms with E-state index < -0.39 is 0 Å². The Kier molecular flexibility index (Phi) is 2.87. The molecule has 0 saturated heterocycles. The summed E-state index contributed by atoms with van der Waals surface area (Å²) in [5.74, 6) is 0. The Labute approximate surface area is 102 Å². The molecule has 0 aliphatic carbocycles. The lowest BCUT2D eigenvalue weighted by Gasteiger charge is -2.02. The summed E-state index contributed by atoms with van der Waals surface area (Å²) in [5, 5.41) is 2.78. The molecule has 2 nitrogen and oxygen atoms in total. The molecule has 0 amide bonds. The van der Waals surface area contributed by atoms with Crippen LogP contribution in [0, 0.1) is 6.92 Å². The van der Waals surface area contributed by atoms with Crippen LogP contribution in [-0.4, -0.2) is 4.98 Å². The van der Waals surface area contributed by atoms with Crippen molar-refractivity contribution < 1.29 is 0 Å². The molecule has 0 spiro atoms. The van der Waals surface area contributed by atoms with Gasteiger partial charge in [0.05, 0.1) is 10.0 Å². The van der Waals surface area contributed by atoms with Crippen molar-refractivity contribution in [3.63, 3.8) is 0 Å². The quantitative estimate of drug-likeness (QED) is 0.840. The molecule has 0 fully saturated rings. The van der Waals surface area contributed by atoms with Crippen LogP contribution in [0.3, 0.4) is 0 Å². The van der Waals surface area contributed by atoms with Gasteiger partial charge >= 0.3 is 0 Å². The maximum Gasteiger partial charge on any atom is 0.114 e. The van der Waals surface area contributed by atoms with E-state index in [4.69, 9.17) is 28.9 Å². The molecule has 2 rings (SSSR count). The minimum atomic E-state index is 0.569. The number of benzene rings is 1. The molecule has 0 bridgehead atoms. The van der Waals surface area contributed by atoms with Gasteiger partial charge in [0.25, 0.3) is 0 Å². The van der Waals surface area contributed by atoms with Crippen LogP contribution in [0.5, 0.6) is 0 Å². The monoisotopic (exact) mass is 258 g/mol. The molecule has 1 aromatic carbocycles. The van der Waals surface area contributed by atoms with Crippen LogP contribution in [0.1, 0.15) is 5.01 Å². The number of anilines is 1. The van der Waals surface area contributed by atoms with Crippen LogP contribution in [0.2, 0.25) is 10.0 Å². The third kappa shape index (κ3) is 2.09. The fraction of sp³-hybridized carbons (Fsp3) is 0.100. The van der Waals surface area contributed by atoms with Gasteiger partial charge in [-0.3, -0.25) is 0 Å². The van der Waals surface area contributed by atoms with Crippen LogP contribution in [-0.2, 0) is 0 Å². The lowest BCUT2D eigenvalue weighted by Crippen LogP contribution is -1.86. The molecule has 1 heterocycles. The van der Waals surface area contributed by atoms with Gasteiger partial charge < -0.3 is 5.73 Å². The number of aryl methyl sites for hydroxylation is 1. The van der Waals surface area contributed by atoms with E-state index in [1.54, 1.807) is 12.1 Å². The Morgan fingerprint density at radius 3 is 2.60 bits per heavy atom. The normalized spacial score (nSPS) is 10.6. The molecule has 0 atom stereocenters. The fourth-order valence-electron chi connectivity index (χ4n) is 1.32. The molecule has 2 N–H and O–H groups in total. The zero-order valence-corrected chi connectivity index (χ0v) is 10.2. The van der Waals surface area contributed by atoms with Crippen LogP contribution >= 0.6 is 34.5 Å². The van der Waals surface area contributed by atoms with Crippen molar-refractivity contribution in [2.45, 2.75) is 6.92 Å². The Balaban J connectivity index is 2.59. The molecule has 1 aromatic heterocycles. The van der Waals surface area contributed by atoms with E-state index in [1.165, 1.54) is 11.3 Å². The number of nitrogen functional groups attached to an aromatic ring is 1. The van der Waals surface area contributed by atoms with Crippen molar-refractivity contribution >= 4 is 39.5 Å². The minimum Gasteiger partial charge on any atom is -0.389 e. The third-order valence-electron chi connectivity index (χ3n) is 1.95. The highest BCUT2D eigenvalue weighted by Gasteiger charge is 2.11. The molecule has 0 aliphatic heterocycles. The topological polar surface area (TPSA) is 38.9 Å². The number of nitrogens with two attached hydrogens (primary N) is 1. The van der Waals surface area contributed by atoms with Gasteiger partial charge in [0.2, 0.25) is 0 Å². The van der Waals surface area contributed by atoms with Gasteiger partial charge in [-0.1, -0.05) is 23.2 Å². The van der Waals surface area contributed by atoms with Crippen LogP contribution in [0.15, 0.2) is 18.2 Å². The van der Waals surface area contributed by atoms with E-state index in [0.29, 0.717) is 15.0 Å². The number of hydrogen-bond acceptors (Lipinski definition) is 3. The van der Waals surface area contributed by atoms with E-state index in [1.807, 2.05) is 13.0 Å². The zero-order valence-electron chi connectivity index (χ0n) is 7.92. The number of hydrogen-bond donors (Lipinski definition) is 1. The molecule has 2 aromatic rings. The summed E-state index contributed by atoms with van der Waals surface area (Å²) in [4.78, 5) is 4.34. The smallest absolute Gasteiger partial charge is 0.114 e. The largest absolute Gasteiger partial charge is 0.389 e. The van der Waals surface area contributed by atoms with E-state index in [-0.39, 0.29) is 0 Å². The van der Waals surface area contributed by atoms with E-state index in [9.17, 15) is 0 Å². The highest BCUT2D eigenvalue weighted by Crippen LogP contribution is 2.35. The number of aromatic nitrogens is 1. The van der Waals surface area contributed by atoms with Gasteiger partial charge in [-0.05, 0) is 25.1 Å². The molecule has 0 unspecified atom stereocenters. The van der Waals surface area contributed by atoms with Crippen LogP contribution < -0.4 is 5.73 Å². The molecular formula is C10H8Cl2N2S. The van der Waals surface area contributed by atoms with Gasteiger partial charge in [0, 0.05) is 10.6 Å². The number of rotatable bonds is 1. The first-order chi connectivity index (χ1) is 7.08. The Morgan fingerprint density at radius 1 is 1.33 bits per heavy atom. The van der Waals surface area contributed by atoms with Crippen molar-refractivity contribution in [1.29, 1.82) is 0 Å². The van der Waals surface area contributed by atoms with Crippen molar-refractivity contribution in [3.8, 4) is 11.3 Å². The maximum absolute atomic E-state index is 6.07. The average Bonchev–Trinajstić information content (AvgIpc) is 2.45. The van der Waals surface area contributed by atoms with E-state index in [0.717, 1.165) is 16.3 Å². The van der Waals surface area contributed by atoms with Crippen LogP contribution in [0.4, 0.5) is 5.00 Å². The summed E-state index contributed by atoms with van der Waals surface area (Å²) in [6, 6.07) is 5.29. The Hall–Kier alpha value is -0.770. The maximum atomic E-state index is 6.07. The predicted molar refractivity (Wildman–Crippen MR) is 66.7 cm³/mol. The molecule has 5 heteroatoms. The molecular weight excluding hydrogens is 251 g/mol. The number of thiazole rings is 1. The van der Waals surface area contributed by atoms with Crippen molar-refractivity contribution in [2.24, 2.45) is 0 Å². The van der Waals surface area contributed by atoms with Gasteiger partial charge in [0.15, 0.2) is 0 Å². The SMILES string of the molecule is Cc1nc(-c2ccc(Cl)cc2Cl)c(N)s1. The fourth-order valence-corrected chi connectivity index (χ4v) is 2.52. The second kappa shape index (κ2) is 4.00. The summed E-state index contributed by atoms with van der Waals surface area (Å²) in [5.41, 5.74) is 7.40. The van der Waals surface area contributed by atoms with Crippen LogP contribution in [0.25, 0.3) is 11.3 Å². The molecule has 15 heavy (non-hydrogen) atoms. The third-order valence-corrected chi connectivity index (χ3v) is 3.29. The first-order valence-corrected chi connectivity index (χ1v) is 5.83. The van der Waals surface area contributed by atoms with Gasteiger partial charge in [-0.25, -0.2) is 4.98 Å². The first-order valence-electron chi connectivity index (χ1n) is 4.26. The van der Waals surface area contributed by atoms with Crippen molar-refractivity contribution in [3.05, 3.63) is 33.3 Å². The van der Waals surface area contributed by atoms with Crippen molar-refractivity contribution in [1.82, 2.24) is 4.98 Å². The molecule has 0 saturated carbocycles. The van der Waals surface area contributed by atoms with Crippen molar-refractivity contribution in [2.75, 3.05) is 5.73 Å². The van der Waals surface area contributed by atoms with E-state index in [2.05, 4.69) is 4.98 Å². The summed E-state index contributed by atoms with van der Waals surface area (Å²) in [6.07, 6.45) is 0. The Bertz CT molecular complexity index is 508. The summed E-state index contributed by atoms with van der Waals surface area (Å²) >= 11 is 13.3. The number of nitrogens with zero attached hydrogens (tertiary/aromatic N) is 1. The highest BCUT2D eigenvalue weighted by atomic mass is 35.5. The lowest BCUT2D eigenvalue weighted by molar-refractivity contribution is 1.30. The highest BCUT2D eigenvalue weighted by molar-refractivity contribution is 7.16. The second-order valence-corrected chi connectivity index (χ2v) is 5.15. The standard InChI is InChI=1S/C10H8Cl2N2S/c1-5-14-9(10(13)15-5)7-3-2-6(11)4-8(7)12/h2-4H,13H2,1H3. The number of halogens is 2. The summed E-state index contributed by atoms with van der Waals surface area (Å²) in [7, 11) is 0. The zero-order chi connectivity index (χ0) is 11.0. The second-order valence-electron chi connectivity index (χ2n) is 3.07. The van der Waals surface area contributed by atoms with E-state index >= 15 is 0 Å².